The predicted octanol–water partition coefficient (Wildman–Crippen LogP) is 4.05. The van der Waals surface area contributed by atoms with Crippen molar-refractivity contribution in [3.63, 3.8) is 0 Å². The zero-order valence-corrected chi connectivity index (χ0v) is 18.7. The standard InChI is InChI=1S/C27H33N3O2/c1-2-14-28-18-23-12-13-24(19-28)30(23)26(22-6-5-7-25(31)17-22)20-8-10-21(11-9-20)27(32)29-15-3-4-16-29/h2,5-11,17,23-24,26,31H,1,3-4,12-16,18-19H2. The van der Waals surface area contributed by atoms with Gasteiger partial charge in [0.2, 0.25) is 0 Å². The quantitative estimate of drug-likeness (QED) is 0.701. The molecule has 3 aliphatic heterocycles. The monoisotopic (exact) mass is 431 g/mol. The van der Waals surface area contributed by atoms with Gasteiger partial charge in [-0.3, -0.25) is 14.6 Å². The second-order valence-corrected chi connectivity index (χ2v) is 9.46. The second-order valence-electron chi connectivity index (χ2n) is 9.46. The summed E-state index contributed by atoms with van der Waals surface area (Å²) in [6.45, 7) is 8.68. The van der Waals surface area contributed by atoms with Crippen LogP contribution in [0.25, 0.3) is 0 Å². The number of aromatic hydroxyl groups is 1. The molecule has 0 spiro atoms. The fraction of sp³-hybridized carbons (Fsp3) is 0.444. The smallest absolute Gasteiger partial charge is 0.253 e. The summed E-state index contributed by atoms with van der Waals surface area (Å²) in [6.07, 6.45) is 6.59. The van der Waals surface area contributed by atoms with E-state index in [0.717, 1.165) is 56.7 Å². The summed E-state index contributed by atoms with van der Waals surface area (Å²) in [6, 6.07) is 16.9. The number of benzene rings is 2. The Morgan fingerprint density at radius 2 is 1.72 bits per heavy atom. The van der Waals surface area contributed by atoms with Crippen LogP contribution in [-0.2, 0) is 0 Å². The van der Waals surface area contributed by atoms with Crippen molar-refractivity contribution in [1.82, 2.24) is 14.7 Å². The van der Waals surface area contributed by atoms with Gasteiger partial charge in [0, 0.05) is 50.4 Å². The number of phenolic OH excluding ortho intramolecular Hbond substituents is 1. The van der Waals surface area contributed by atoms with Crippen molar-refractivity contribution in [2.75, 3.05) is 32.7 Å². The highest BCUT2D eigenvalue weighted by molar-refractivity contribution is 5.94. The van der Waals surface area contributed by atoms with E-state index >= 15 is 0 Å². The van der Waals surface area contributed by atoms with Gasteiger partial charge in [0.05, 0.1) is 6.04 Å². The molecule has 0 radical (unpaired) electrons. The molecule has 168 valence electrons. The summed E-state index contributed by atoms with van der Waals surface area (Å²) in [4.78, 5) is 19.9. The van der Waals surface area contributed by atoms with Crippen molar-refractivity contribution in [3.05, 3.63) is 77.9 Å². The molecule has 1 N–H and O–H groups in total. The van der Waals surface area contributed by atoms with Crippen molar-refractivity contribution < 1.29 is 9.90 Å². The molecule has 0 saturated carbocycles. The lowest BCUT2D eigenvalue weighted by atomic mass is 9.93. The van der Waals surface area contributed by atoms with Crippen LogP contribution >= 0.6 is 0 Å². The zero-order valence-electron chi connectivity index (χ0n) is 18.7. The molecule has 32 heavy (non-hydrogen) atoms. The maximum atomic E-state index is 12.8. The molecule has 2 bridgehead atoms. The molecular weight excluding hydrogens is 398 g/mol. The topological polar surface area (TPSA) is 47.0 Å². The van der Waals surface area contributed by atoms with Crippen LogP contribution in [0.1, 0.15) is 53.2 Å². The highest BCUT2D eigenvalue weighted by Gasteiger charge is 2.44. The Kier molecular flexibility index (Phi) is 6.03. The molecule has 3 saturated heterocycles. The molecule has 2 aromatic carbocycles. The Morgan fingerprint density at radius 1 is 1.03 bits per heavy atom. The average molecular weight is 432 g/mol. The number of rotatable bonds is 6. The maximum Gasteiger partial charge on any atom is 0.253 e. The normalized spacial score (nSPS) is 24.6. The zero-order chi connectivity index (χ0) is 22.1. The maximum absolute atomic E-state index is 12.8. The summed E-state index contributed by atoms with van der Waals surface area (Å²) in [5.41, 5.74) is 3.06. The van der Waals surface area contributed by atoms with Gasteiger partial charge >= 0.3 is 0 Å². The Morgan fingerprint density at radius 3 is 2.34 bits per heavy atom. The third kappa shape index (κ3) is 4.07. The molecule has 5 nitrogen and oxygen atoms in total. The van der Waals surface area contributed by atoms with Crippen molar-refractivity contribution in [2.45, 2.75) is 43.8 Å². The first-order valence-electron chi connectivity index (χ1n) is 11.9. The van der Waals surface area contributed by atoms with Crippen molar-refractivity contribution in [3.8, 4) is 5.75 Å². The highest BCUT2D eigenvalue weighted by Crippen LogP contribution is 2.41. The number of likely N-dealkylation sites (tertiary alicyclic amines) is 2. The van der Waals surface area contributed by atoms with E-state index in [1.54, 1.807) is 6.07 Å². The Bertz CT molecular complexity index is 953. The van der Waals surface area contributed by atoms with Crippen LogP contribution < -0.4 is 0 Å². The van der Waals surface area contributed by atoms with E-state index in [4.69, 9.17) is 0 Å². The van der Waals surface area contributed by atoms with Gasteiger partial charge in [-0.2, -0.15) is 0 Å². The van der Waals surface area contributed by atoms with Gasteiger partial charge in [-0.05, 0) is 61.1 Å². The van der Waals surface area contributed by atoms with Crippen LogP contribution in [0.5, 0.6) is 5.75 Å². The molecule has 3 aliphatic rings. The lowest BCUT2D eigenvalue weighted by Crippen LogP contribution is -2.54. The molecule has 3 heterocycles. The SMILES string of the molecule is C=CCN1CC2CCC(C1)N2C(c1ccc(C(=O)N2CCCC2)cc1)c1cccc(O)c1. The number of phenols is 1. The van der Waals surface area contributed by atoms with Crippen molar-refractivity contribution >= 4 is 5.91 Å². The van der Waals surface area contributed by atoms with E-state index in [-0.39, 0.29) is 11.9 Å². The minimum absolute atomic E-state index is 0.0708. The van der Waals surface area contributed by atoms with E-state index in [1.807, 2.05) is 35.2 Å². The minimum Gasteiger partial charge on any atom is -0.508 e. The fourth-order valence-corrected chi connectivity index (χ4v) is 5.92. The van der Waals surface area contributed by atoms with Crippen LogP contribution in [0.4, 0.5) is 0 Å². The number of hydrogen-bond acceptors (Lipinski definition) is 4. The number of amides is 1. The van der Waals surface area contributed by atoms with Crippen molar-refractivity contribution in [2.24, 2.45) is 0 Å². The summed E-state index contributed by atoms with van der Waals surface area (Å²) in [5.74, 6) is 0.437. The number of fused-ring (bicyclic) bond motifs is 2. The molecule has 0 aromatic heterocycles. The van der Waals surface area contributed by atoms with E-state index in [0.29, 0.717) is 17.8 Å². The number of nitrogens with zero attached hydrogens (tertiary/aromatic N) is 3. The molecule has 1 amide bonds. The fourth-order valence-electron chi connectivity index (χ4n) is 5.92. The van der Waals surface area contributed by atoms with E-state index in [9.17, 15) is 9.90 Å². The summed E-state index contributed by atoms with van der Waals surface area (Å²) >= 11 is 0. The second kappa shape index (κ2) is 9.08. The van der Waals surface area contributed by atoms with Crippen molar-refractivity contribution in [1.29, 1.82) is 0 Å². The summed E-state index contributed by atoms with van der Waals surface area (Å²) in [7, 11) is 0. The number of hydrogen-bond donors (Lipinski definition) is 1. The third-order valence-corrected chi connectivity index (χ3v) is 7.35. The number of carbonyl (C=O) groups excluding carboxylic acids is 1. The van der Waals surface area contributed by atoms with Gasteiger partial charge in [0.1, 0.15) is 5.75 Å². The van der Waals surface area contributed by atoms with E-state index in [2.05, 4.69) is 34.6 Å². The largest absolute Gasteiger partial charge is 0.508 e. The van der Waals surface area contributed by atoms with Crippen LogP contribution in [-0.4, -0.2) is 70.5 Å². The molecule has 3 unspecified atom stereocenters. The Hall–Kier alpha value is -2.63. The van der Waals surface area contributed by atoms with Crippen LogP contribution in [0.3, 0.4) is 0 Å². The van der Waals surface area contributed by atoms with Gasteiger partial charge in [-0.15, -0.1) is 6.58 Å². The molecule has 2 aromatic rings. The number of piperazine rings is 1. The summed E-state index contributed by atoms with van der Waals surface area (Å²) in [5, 5.41) is 10.2. The molecule has 5 rings (SSSR count). The predicted molar refractivity (Wildman–Crippen MR) is 127 cm³/mol. The van der Waals surface area contributed by atoms with Crippen LogP contribution in [0.2, 0.25) is 0 Å². The highest BCUT2D eigenvalue weighted by atomic mass is 16.3. The minimum atomic E-state index is 0.0708. The molecule has 0 aliphatic carbocycles. The van der Waals surface area contributed by atoms with Gasteiger partial charge in [0.25, 0.3) is 5.91 Å². The third-order valence-electron chi connectivity index (χ3n) is 7.35. The van der Waals surface area contributed by atoms with Crippen LogP contribution in [0.15, 0.2) is 61.2 Å². The first-order valence-corrected chi connectivity index (χ1v) is 11.9. The molecule has 3 fully saturated rings. The first-order chi connectivity index (χ1) is 15.6. The van der Waals surface area contributed by atoms with E-state index in [1.165, 1.54) is 18.4 Å². The lowest BCUT2D eigenvalue weighted by molar-refractivity contribution is 0.0499. The Balaban J connectivity index is 1.46. The molecule has 5 heteroatoms. The van der Waals surface area contributed by atoms with Gasteiger partial charge in [0.15, 0.2) is 0 Å². The molecule has 3 atom stereocenters. The summed E-state index contributed by atoms with van der Waals surface area (Å²) < 4.78 is 0. The van der Waals surface area contributed by atoms with Crippen LogP contribution in [0, 0.1) is 0 Å². The lowest BCUT2D eigenvalue weighted by Gasteiger charge is -2.45. The first kappa shape index (κ1) is 21.2. The average Bonchev–Trinajstić information content (AvgIpc) is 3.42. The molecular formula is C27H33N3O2. The van der Waals surface area contributed by atoms with E-state index < -0.39 is 0 Å². The Labute approximate surface area is 190 Å². The van der Waals surface area contributed by atoms with Gasteiger partial charge in [-0.25, -0.2) is 0 Å². The van der Waals surface area contributed by atoms with Gasteiger partial charge in [-0.1, -0.05) is 30.3 Å². The van der Waals surface area contributed by atoms with Gasteiger partial charge < -0.3 is 10.0 Å². The number of carbonyl (C=O) groups is 1.